The van der Waals surface area contributed by atoms with E-state index in [2.05, 4.69) is 15.3 Å². The first-order chi connectivity index (χ1) is 9.33. The fourth-order valence-corrected chi connectivity index (χ4v) is 1.90. The van der Waals surface area contributed by atoms with Gasteiger partial charge in [-0.25, -0.2) is 4.98 Å². The molecule has 0 spiro atoms. The summed E-state index contributed by atoms with van der Waals surface area (Å²) in [6.45, 7) is 5.15. The maximum absolute atomic E-state index is 11.8. The molecule has 2 aromatic rings. The zero-order valence-corrected chi connectivity index (χ0v) is 11.9. The summed E-state index contributed by atoms with van der Waals surface area (Å²) in [5.41, 5.74) is 1.56. The number of aryl methyl sites for hydroxylation is 1. The molecule has 20 heavy (non-hydrogen) atoms. The van der Waals surface area contributed by atoms with Gasteiger partial charge in [-0.2, -0.15) is 0 Å². The average molecular weight is 273 g/mol. The summed E-state index contributed by atoms with van der Waals surface area (Å²) in [4.78, 5) is 19.2. The van der Waals surface area contributed by atoms with Gasteiger partial charge in [-0.3, -0.25) is 4.79 Å². The molecule has 0 bridgehead atoms. The molecule has 1 amide bonds. The van der Waals surface area contributed by atoms with Crippen LogP contribution in [-0.4, -0.2) is 26.6 Å². The van der Waals surface area contributed by atoms with Crippen LogP contribution in [0, 0.1) is 6.92 Å². The van der Waals surface area contributed by atoms with Crippen molar-refractivity contribution in [1.82, 2.24) is 9.97 Å². The molecule has 5 nitrogen and oxygen atoms in total. The largest absolute Gasteiger partial charge is 0.390 e. The van der Waals surface area contributed by atoms with Crippen LogP contribution < -0.4 is 5.32 Å². The monoisotopic (exact) mass is 273 g/mol. The lowest BCUT2D eigenvalue weighted by Crippen LogP contribution is -2.27. The van der Waals surface area contributed by atoms with Crippen molar-refractivity contribution in [2.75, 3.05) is 5.32 Å². The lowest BCUT2D eigenvalue weighted by Gasteiger charge is -2.16. The third-order valence-corrected chi connectivity index (χ3v) is 2.72. The van der Waals surface area contributed by atoms with E-state index in [0.717, 1.165) is 17.1 Å². The van der Waals surface area contributed by atoms with Crippen LogP contribution in [0.1, 0.15) is 26.0 Å². The molecule has 0 aliphatic rings. The number of nitrogens with zero attached hydrogens (tertiary/aromatic N) is 1. The number of H-pyrrole nitrogens is 1. The van der Waals surface area contributed by atoms with E-state index < -0.39 is 5.60 Å². The molecule has 0 radical (unpaired) electrons. The highest BCUT2D eigenvalue weighted by Gasteiger charge is 2.18. The third-order valence-electron chi connectivity index (χ3n) is 2.72. The van der Waals surface area contributed by atoms with Crippen LogP contribution in [0.2, 0.25) is 0 Å². The minimum Gasteiger partial charge on any atom is -0.390 e. The fraction of sp³-hybridized carbons (Fsp3) is 0.333. The van der Waals surface area contributed by atoms with Gasteiger partial charge in [0.1, 0.15) is 5.82 Å². The van der Waals surface area contributed by atoms with Crippen LogP contribution in [0.4, 0.5) is 5.69 Å². The van der Waals surface area contributed by atoms with Crippen molar-refractivity contribution in [2.24, 2.45) is 0 Å². The Labute approximate surface area is 118 Å². The number of carbonyl (C=O) groups is 1. The molecule has 0 fully saturated rings. The van der Waals surface area contributed by atoms with Crippen LogP contribution in [0.25, 0.3) is 11.4 Å². The Morgan fingerprint density at radius 3 is 2.80 bits per heavy atom. The van der Waals surface area contributed by atoms with Crippen LogP contribution in [-0.2, 0) is 4.79 Å². The number of amides is 1. The fourth-order valence-electron chi connectivity index (χ4n) is 1.90. The predicted molar refractivity (Wildman–Crippen MR) is 78.3 cm³/mol. The van der Waals surface area contributed by atoms with E-state index in [1.54, 1.807) is 20.0 Å². The molecule has 1 heterocycles. The first kappa shape index (κ1) is 14.3. The number of aliphatic hydroxyl groups is 1. The van der Waals surface area contributed by atoms with Crippen LogP contribution in [0.3, 0.4) is 0 Å². The number of aromatic nitrogens is 2. The van der Waals surface area contributed by atoms with Crippen molar-refractivity contribution in [3.05, 3.63) is 36.2 Å². The summed E-state index contributed by atoms with van der Waals surface area (Å²) in [7, 11) is 0. The standard InChI is InChI=1S/C15H19N3O2/c1-10-9-16-14(17-10)11-5-4-6-12(7-11)18-13(19)8-15(2,3)20/h4-7,9,20H,8H2,1-3H3,(H,16,17)(H,18,19). The lowest BCUT2D eigenvalue weighted by atomic mass is 10.1. The molecular weight excluding hydrogens is 254 g/mol. The highest BCUT2D eigenvalue weighted by molar-refractivity contribution is 5.91. The van der Waals surface area contributed by atoms with E-state index in [-0.39, 0.29) is 12.3 Å². The minimum atomic E-state index is -1.01. The molecule has 1 aromatic carbocycles. The summed E-state index contributed by atoms with van der Waals surface area (Å²) >= 11 is 0. The topological polar surface area (TPSA) is 78.0 Å². The Kier molecular flexibility index (Phi) is 3.90. The summed E-state index contributed by atoms with van der Waals surface area (Å²) in [5.74, 6) is 0.548. The molecule has 0 saturated carbocycles. The average Bonchev–Trinajstić information content (AvgIpc) is 2.73. The Morgan fingerprint density at radius 2 is 2.20 bits per heavy atom. The number of hydrogen-bond donors (Lipinski definition) is 3. The number of anilines is 1. The molecule has 0 unspecified atom stereocenters. The van der Waals surface area contributed by atoms with E-state index in [1.807, 2.05) is 31.2 Å². The quantitative estimate of drug-likeness (QED) is 0.800. The van der Waals surface area contributed by atoms with E-state index in [4.69, 9.17) is 0 Å². The maximum atomic E-state index is 11.8. The number of carbonyl (C=O) groups excluding carboxylic acids is 1. The van der Waals surface area contributed by atoms with E-state index in [9.17, 15) is 9.90 Å². The number of aromatic amines is 1. The van der Waals surface area contributed by atoms with Gasteiger partial charge in [-0.1, -0.05) is 12.1 Å². The van der Waals surface area contributed by atoms with Crippen molar-refractivity contribution >= 4 is 11.6 Å². The van der Waals surface area contributed by atoms with Gasteiger partial charge in [0, 0.05) is 23.1 Å². The number of nitrogens with one attached hydrogen (secondary N) is 2. The van der Waals surface area contributed by atoms with Gasteiger partial charge < -0.3 is 15.4 Å². The van der Waals surface area contributed by atoms with Gasteiger partial charge in [0.05, 0.1) is 12.0 Å². The third kappa shape index (κ3) is 3.93. The normalized spacial score (nSPS) is 11.4. The maximum Gasteiger partial charge on any atom is 0.227 e. The molecule has 0 aliphatic carbocycles. The molecule has 0 aliphatic heterocycles. The van der Waals surface area contributed by atoms with Gasteiger partial charge in [-0.15, -0.1) is 0 Å². The van der Waals surface area contributed by atoms with E-state index in [1.165, 1.54) is 0 Å². The highest BCUT2D eigenvalue weighted by atomic mass is 16.3. The first-order valence-electron chi connectivity index (χ1n) is 6.48. The first-order valence-corrected chi connectivity index (χ1v) is 6.48. The zero-order chi connectivity index (χ0) is 14.8. The molecule has 5 heteroatoms. The molecule has 1 aromatic heterocycles. The SMILES string of the molecule is Cc1cnc(-c2cccc(NC(=O)CC(C)(C)O)c2)[nH]1. The Morgan fingerprint density at radius 1 is 1.45 bits per heavy atom. The summed E-state index contributed by atoms with van der Waals surface area (Å²) < 4.78 is 0. The minimum absolute atomic E-state index is 0.0527. The van der Waals surface area contributed by atoms with Crippen molar-refractivity contribution in [1.29, 1.82) is 0 Å². The second-order valence-corrected chi connectivity index (χ2v) is 5.53. The molecule has 2 rings (SSSR count). The van der Waals surface area contributed by atoms with Gasteiger partial charge >= 0.3 is 0 Å². The molecule has 106 valence electrons. The number of rotatable bonds is 4. The smallest absolute Gasteiger partial charge is 0.227 e. The predicted octanol–water partition coefficient (Wildman–Crippen LogP) is 2.48. The summed E-state index contributed by atoms with van der Waals surface area (Å²) in [5, 5.41) is 12.4. The van der Waals surface area contributed by atoms with E-state index in [0.29, 0.717) is 5.69 Å². The van der Waals surface area contributed by atoms with Crippen LogP contribution in [0.15, 0.2) is 30.5 Å². The van der Waals surface area contributed by atoms with Gasteiger partial charge in [0.25, 0.3) is 0 Å². The number of imidazole rings is 1. The lowest BCUT2D eigenvalue weighted by molar-refractivity contribution is -0.119. The Bertz CT molecular complexity index is 612. The molecule has 0 saturated heterocycles. The van der Waals surface area contributed by atoms with E-state index >= 15 is 0 Å². The van der Waals surface area contributed by atoms with Gasteiger partial charge in [0.2, 0.25) is 5.91 Å². The van der Waals surface area contributed by atoms with Crippen molar-refractivity contribution < 1.29 is 9.90 Å². The number of hydrogen-bond acceptors (Lipinski definition) is 3. The Balaban J connectivity index is 2.12. The summed E-state index contributed by atoms with van der Waals surface area (Å²) in [6.07, 6.45) is 1.81. The molecular formula is C15H19N3O2. The highest BCUT2D eigenvalue weighted by Crippen LogP contribution is 2.20. The van der Waals surface area contributed by atoms with Gasteiger partial charge in [-0.05, 0) is 32.9 Å². The molecule has 0 atom stereocenters. The summed E-state index contributed by atoms with van der Waals surface area (Å²) in [6, 6.07) is 7.43. The number of benzene rings is 1. The van der Waals surface area contributed by atoms with Crippen molar-refractivity contribution in [3.63, 3.8) is 0 Å². The van der Waals surface area contributed by atoms with Gasteiger partial charge in [0.15, 0.2) is 0 Å². The van der Waals surface area contributed by atoms with Crippen molar-refractivity contribution in [2.45, 2.75) is 32.8 Å². The second-order valence-electron chi connectivity index (χ2n) is 5.53. The van der Waals surface area contributed by atoms with Crippen LogP contribution >= 0.6 is 0 Å². The Hall–Kier alpha value is -2.14. The van der Waals surface area contributed by atoms with Crippen LogP contribution in [0.5, 0.6) is 0 Å². The molecule has 3 N–H and O–H groups in total. The van der Waals surface area contributed by atoms with Crippen molar-refractivity contribution in [3.8, 4) is 11.4 Å². The zero-order valence-electron chi connectivity index (χ0n) is 11.9. The second kappa shape index (κ2) is 5.46.